The highest BCUT2D eigenvalue weighted by molar-refractivity contribution is 7.88. The van der Waals surface area contributed by atoms with E-state index in [-0.39, 0.29) is 6.04 Å². The van der Waals surface area contributed by atoms with Gasteiger partial charge in [0.25, 0.3) is 0 Å². The predicted molar refractivity (Wildman–Crippen MR) is 80.0 cm³/mol. The number of hydrogen-bond donors (Lipinski definition) is 0. The fourth-order valence-corrected chi connectivity index (χ4v) is 3.97. The molecule has 0 bridgehead atoms. The molecule has 0 saturated carbocycles. The Morgan fingerprint density at radius 3 is 2.76 bits per heavy atom. The third kappa shape index (κ3) is 2.71. The molecule has 0 radical (unpaired) electrons. The van der Waals surface area contributed by atoms with Gasteiger partial charge in [0.1, 0.15) is 0 Å². The summed E-state index contributed by atoms with van der Waals surface area (Å²) in [5, 5.41) is 4.14. The highest BCUT2D eigenvalue weighted by atomic mass is 32.2. The fourth-order valence-electron chi connectivity index (χ4n) is 2.84. The largest absolute Gasteiger partial charge is 0.266 e. The molecule has 6 nitrogen and oxygen atoms in total. The third-order valence-corrected chi connectivity index (χ3v) is 5.11. The van der Waals surface area contributed by atoms with E-state index in [2.05, 4.69) is 10.1 Å². The molecule has 2 aromatic rings. The molecule has 0 amide bonds. The zero-order valence-corrected chi connectivity index (χ0v) is 12.9. The van der Waals surface area contributed by atoms with Crippen LogP contribution in [0.1, 0.15) is 24.6 Å². The first kappa shape index (κ1) is 14.2. The summed E-state index contributed by atoms with van der Waals surface area (Å²) in [5.74, 6) is 0. The quantitative estimate of drug-likeness (QED) is 0.863. The lowest BCUT2D eigenvalue weighted by Gasteiger charge is -2.22. The number of nitrogens with zero attached hydrogens (tertiary/aromatic N) is 4. The van der Waals surface area contributed by atoms with Crippen molar-refractivity contribution in [2.45, 2.75) is 18.9 Å². The van der Waals surface area contributed by atoms with Crippen LogP contribution in [0, 0.1) is 0 Å². The monoisotopic (exact) mass is 306 g/mol. The maximum atomic E-state index is 11.9. The summed E-state index contributed by atoms with van der Waals surface area (Å²) >= 11 is 0. The minimum Gasteiger partial charge on any atom is -0.266 e. The van der Waals surface area contributed by atoms with E-state index in [4.69, 9.17) is 0 Å². The topological polar surface area (TPSA) is 68.1 Å². The van der Waals surface area contributed by atoms with Crippen molar-refractivity contribution in [1.82, 2.24) is 19.1 Å². The van der Waals surface area contributed by atoms with E-state index < -0.39 is 10.0 Å². The van der Waals surface area contributed by atoms with Gasteiger partial charge in [-0.2, -0.15) is 9.40 Å². The molecule has 1 aliphatic rings. The van der Waals surface area contributed by atoms with Crippen LogP contribution >= 0.6 is 0 Å². The minimum absolute atomic E-state index is 0.159. The van der Waals surface area contributed by atoms with Crippen LogP contribution in [-0.4, -0.2) is 40.3 Å². The average molecular weight is 306 g/mol. The van der Waals surface area contributed by atoms with Gasteiger partial charge in [-0.1, -0.05) is 6.07 Å². The van der Waals surface area contributed by atoms with Gasteiger partial charge in [0.15, 0.2) is 0 Å². The Bertz CT molecular complexity index is 754. The summed E-state index contributed by atoms with van der Waals surface area (Å²) in [6.07, 6.45) is 4.67. The molecule has 112 valence electrons. The van der Waals surface area contributed by atoms with E-state index in [0.717, 1.165) is 29.9 Å². The number of rotatable bonds is 3. The van der Waals surface area contributed by atoms with Crippen molar-refractivity contribution < 1.29 is 8.42 Å². The van der Waals surface area contributed by atoms with E-state index in [1.165, 1.54) is 6.26 Å². The van der Waals surface area contributed by atoms with Crippen molar-refractivity contribution in [2.75, 3.05) is 12.8 Å². The Labute approximate surface area is 124 Å². The number of aromatic nitrogens is 3. The first-order valence-electron chi connectivity index (χ1n) is 6.89. The van der Waals surface area contributed by atoms with Crippen LogP contribution in [-0.2, 0) is 17.1 Å². The van der Waals surface area contributed by atoms with Crippen molar-refractivity contribution in [2.24, 2.45) is 7.05 Å². The fraction of sp³-hybridized carbons (Fsp3) is 0.429. The third-order valence-electron chi connectivity index (χ3n) is 3.83. The molecule has 1 aliphatic heterocycles. The summed E-state index contributed by atoms with van der Waals surface area (Å²) < 4.78 is 27.0. The van der Waals surface area contributed by atoms with Gasteiger partial charge in [0, 0.05) is 19.8 Å². The summed E-state index contributed by atoms with van der Waals surface area (Å²) in [6, 6.07) is 7.47. The maximum absolute atomic E-state index is 11.9. The molecular weight excluding hydrogens is 288 g/mol. The first-order chi connectivity index (χ1) is 9.97. The van der Waals surface area contributed by atoms with E-state index in [1.807, 2.05) is 31.3 Å². The number of pyridine rings is 1. The van der Waals surface area contributed by atoms with Crippen molar-refractivity contribution in [1.29, 1.82) is 0 Å². The van der Waals surface area contributed by atoms with Crippen LogP contribution in [0.3, 0.4) is 0 Å². The second-order valence-electron chi connectivity index (χ2n) is 5.32. The molecule has 1 unspecified atom stereocenters. The van der Waals surface area contributed by atoms with Crippen LogP contribution in [0.15, 0.2) is 30.5 Å². The molecule has 0 aromatic carbocycles. The number of hydrogen-bond acceptors (Lipinski definition) is 4. The number of aryl methyl sites for hydroxylation is 1. The molecule has 0 N–H and O–H groups in total. The van der Waals surface area contributed by atoms with Crippen LogP contribution in [0.5, 0.6) is 0 Å². The summed E-state index contributed by atoms with van der Waals surface area (Å²) in [7, 11) is -1.34. The Hall–Kier alpha value is -1.73. The van der Waals surface area contributed by atoms with E-state index in [9.17, 15) is 8.42 Å². The van der Waals surface area contributed by atoms with Gasteiger partial charge in [0.05, 0.1) is 29.4 Å². The van der Waals surface area contributed by atoms with Gasteiger partial charge in [-0.15, -0.1) is 0 Å². The summed E-state index contributed by atoms with van der Waals surface area (Å²) in [6.45, 7) is 0.571. The molecule has 7 heteroatoms. The standard InChI is InChI=1S/C14H18N4O2S/c1-17-13(8-9-15-17)11-5-3-6-12(16-11)14-7-4-10-18(14)21(2,19)20/h3,5-6,8-9,14H,4,7,10H2,1-2H3. The van der Waals surface area contributed by atoms with E-state index in [1.54, 1.807) is 15.2 Å². The molecule has 3 rings (SSSR count). The first-order valence-corrected chi connectivity index (χ1v) is 8.74. The summed E-state index contributed by atoms with van der Waals surface area (Å²) in [4.78, 5) is 4.65. The van der Waals surface area contributed by atoms with Crippen LogP contribution in [0.4, 0.5) is 0 Å². The van der Waals surface area contributed by atoms with Crippen molar-refractivity contribution in [3.8, 4) is 11.4 Å². The van der Waals surface area contributed by atoms with E-state index in [0.29, 0.717) is 6.54 Å². The smallest absolute Gasteiger partial charge is 0.211 e. The SMILES string of the molecule is Cn1nccc1-c1cccc(C2CCCN2S(C)(=O)=O)n1. The van der Waals surface area contributed by atoms with Gasteiger partial charge < -0.3 is 0 Å². The van der Waals surface area contributed by atoms with Gasteiger partial charge in [-0.3, -0.25) is 4.68 Å². The lowest BCUT2D eigenvalue weighted by molar-refractivity contribution is 0.394. The van der Waals surface area contributed by atoms with Gasteiger partial charge in [0.2, 0.25) is 10.0 Å². The molecule has 0 spiro atoms. The second kappa shape index (κ2) is 5.23. The molecule has 21 heavy (non-hydrogen) atoms. The molecule has 1 fully saturated rings. The molecular formula is C14H18N4O2S. The molecule has 1 saturated heterocycles. The lowest BCUT2D eigenvalue weighted by Crippen LogP contribution is -2.29. The average Bonchev–Trinajstić information content (AvgIpc) is 3.06. The van der Waals surface area contributed by atoms with Crippen molar-refractivity contribution in [3.05, 3.63) is 36.2 Å². The van der Waals surface area contributed by atoms with Gasteiger partial charge >= 0.3 is 0 Å². The summed E-state index contributed by atoms with van der Waals surface area (Å²) in [5.41, 5.74) is 2.53. The zero-order chi connectivity index (χ0) is 15.0. The van der Waals surface area contributed by atoms with Crippen molar-refractivity contribution >= 4 is 10.0 Å². The lowest BCUT2D eigenvalue weighted by atomic mass is 10.1. The zero-order valence-electron chi connectivity index (χ0n) is 12.1. The maximum Gasteiger partial charge on any atom is 0.211 e. The highest BCUT2D eigenvalue weighted by Gasteiger charge is 2.33. The van der Waals surface area contributed by atoms with Crippen LogP contribution in [0.2, 0.25) is 0 Å². The van der Waals surface area contributed by atoms with Crippen LogP contribution in [0.25, 0.3) is 11.4 Å². The Kier molecular flexibility index (Phi) is 3.54. The van der Waals surface area contributed by atoms with Crippen molar-refractivity contribution in [3.63, 3.8) is 0 Å². The Morgan fingerprint density at radius 2 is 2.10 bits per heavy atom. The molecule has 0 aliphatic carbocycles. The minimum atomic E-state index is -3.20. The molecule has 3 heterocycles. The van der Waals surface area contributed by atoms with E-state index >= 15 is 0 Å². The Balaban J connectivity index is 1.99. The van der Waals surface area contributed by atoms with Gasteiger partial charge in [-0.25, -0.2) is 13.4 Å². The predicted octanol–water partition coefficient (Wildman–Crippen LogP) is 1.58. The van der Waals surface area contributed by atoms with Gasteiger partial charge in [-0.05, 0) is 31.0 Å². The second-order valence-corrected chi connectivity index (χ2v) is 7.25. The normalized spacial score (nSPS) is 20.0. The number of sulfonamides is 1. The van der Waals surface area contributed by atoms with Crippen LogP contribution < -0.4 is 0 Å². The molecule has 1 atom stereocenters. The Morgan fingerprint density at radius 1 is 1.29 bits per heavy atom. The molecule has 2 aromatic heterocycles. The highest BCUT2D eigenvalue weighted by Crippen LogP contribution is 2.33.